The Labute approximate surface area is 100 Å². The maximum Gasteiger partial charge on any atom is 0.315 e. The molecule has 2 rings (SSSR count). The summed E-state index contributed by atoms with van der Waals surface area (Å²) < 4.78 is 0. The molecule has 1 aliphatic carbocycles. The van der Waals surface area contributed by atoms with Gasteiger partial charge in [0.2, 0.25) is 0 Å². The first kappa shape index (κ1) is 12.2. The van der Waals surface area contributed by atoms with Crippen molar-refractivity contribution in [2.24, 2.45) is 0 Å². The van der Waals surface area contributed by atoms with Crippen LogP contribution in [-0.4, -0.2) is 53.7 Å². The van der Waals surface area contributed by atoms with Crippen molar-refractivity contribution in [3.05, 3.63) is 0 Å². The second-order valence-electron chi connectivity index (χ2n) is 4.76. The molecular formula is C11H19N3O3. The Morgan fingerprint density at radius 3 is 2.71 bits per heavy atom. The van der Waals surface area contributed by atoms with E-state index in [9.17, 15) is 9.59 Å². The highest BCUT2D eigenvalue weighted by atomic mass is 16.4. The molecule has 0 aromatic rings. The minimum Gasteiger partial charge on any atom is -0.481 e. The van der Waals surface area contributed by atoms with Gasteiger partial charge in [-0.1, -0.05) is 0 Å². The first-order chi connectivity index (χ1) is 8.15. The van der Waals surface area contributed by atoms with Crippen LogP contribution in [0.5, 0.6) is 0 Å². The molecule has 3 N–H and O–H groups in total. The summed E-state index contributed by atoms with van der Waals surface area (Å²) in [5, 5.41) is 13.9. The molecule has 17 heavy (non-hydrogen) atoms. The number of hydrogen-bond donors (Lipinski definition) is 3. The van der Waals surface area contributed by atoms with Gasteiger partial charge in [0.15, 0.2) is 0 Å². The van der Waals surface area contributed by atoms with E-state index in [1.807, 2.05) is 0 Å². The molecule has 0 bridgehead atoms. The molecule has 96 valence electrons. The lowest BCUT2D eigenvalue weighted by Crippen LogP contribution is -2.44. The molecule has 6 heteroatoms. The van der Waals surface area contributed by atoms with E-state index in [0.717, 1.165) is 25.6 Å². The number of nitrogens with zero attached hydrogens (tertiary/aromatic N) is 1. The Balaban J connectivity index is 1.60. The highest BCUT2D eigenvalue weighted by molar-refractivity contribution is 5.75. The molecule has 1 aliphatic heterocycles. The van der Waals surface area contributed by atoms with Crippen LogP contribution in [0.1, 0.15) is 25.7 Å². The van der Waals surface area contributed by atoms with E-state index < -0.39 is 5.97 Å². The summed E-state index contributed by atoms with van der Waals surface area (Å²) in [7, 11) is 0. The molecule has 1 atom stereocenters. The van der Waals surface area contributed by atoms with Gasteiger partial charge in [-0.25, -0.2) is 4.79 Å². The van der Waals surface area contributed by atoms with Crippen LogP contribution in [0.2, 0.25) is 0 Å². The van der Waals surface area contributed by atoms with Gasteiger partial charge < -0.3 is 15.7 Å². The van der Waals surface area contributed by atoms with Crippen LogP contribution in [0, 0.1) is 0 Å². The van der Waals surface area contributed by atoms with Crippen LogP contribution in [0.25, 0.3) is 0 Å². The zero-order chi connectivity index (χ0) is 12.3. The second-order valence-corrected chi connectivity index (χ2v) is 4.76. The van der Waals surface area contributed by atoms with Crippen LogP contribution in [0.15, 0.2) is 0 Å². The lowest BCUT2D eigenvalue weighted by atomic mass is 10.3. The van der Waals surface area contributed by atoms with E-state index in [1.165, 1.54) is 12.8 Å². The van der Waals surface area contributed by atoms with Crippen molar-refractivity contribution in [3.63, 3.8) is 0 Å². The molecule has 2 fully saturated rings. The number of amides is 2. The van der Waals surface area contributed by atoms with E-state index in [2.05, 4.69) is 15.5 Å². The number of carboxylic acid groups (broad SMARTS) is 1. The van der Waals surface area contributed by atoms with Crippen LogP contribution in [-0.2, 0) is 4.79 Å². The van der Waals surface area contributed by atoms with Gasteiger partial charge in [0, 0.05) is 31.7 Å². The van der Waals surface area contributed by atoms with Gasteiger partial charge in [-0.05, 0) is 19.3 Å². The topological polar surface area (TPSA) is 81.7 Å². The number of aliphatic carboxylic acids is 1. The second kappa shape index (κ2) is 5.35. The highest BCUT2D eigenvalue weighted by Crippen LogP contribution is 2.29. The molecule has 2 amide bonds. The number of rotatable bonds is 5. The van der Waals surface area contributed by atoms with Crippen LogP contribution in [0.4, 0.5) is 4.79 Å². The molecule has 1 heterocycles. The quantitative estimate of drug-likeness (QED) is 0.632. The Hall–Kier alpha value is -1.30. The Kier molecular flexibility index (Phi) is 3.83. The standard InChI is InChI=1S/C11H19N3O3/c15-10(16)3-5-12-11(17)13-8-4-6-14(7-8)9-1-2-9/h8-9H,1-7H2,(H,15,16)(H2,12,13,17). The minimum atomic E-state index is -0.897. The summed E-state index contributed by atoms with van der Waals surface area (Å²) in [6.07, 6.45) is 3.53. The van der Waals surface area contributed by atoms with E-state index in [0.29, 0.717) is 0 Å². The van der Waals surface area contributed by atoms with Crippen molar-refractivity contribution in [1.82, 2.24) is 15.5 Å². The first-order valence-electron chi connectivity index (χ1n) is 6.15. The number of carbonyl (C=O) groups excluding carboxylic acids is 1. The summed E-state index contributed by atoms with van der Waals surface area (Å²) in [4.78, 5) is 24.1. The summed E-state index contributed by atoms with van der Waals surface area (Å²) in [5.74, 6) is -0.897. The smallest absolute Gasteiger partial charge is 0.315 e. The number of carbonyl (C=O) groups is 2. The van der Waals surface area contributed by atoms with Crippen LogP contribution < -0.4 is 10.6 Å². The van der Waals surface area contributed by atoms with E-state index in [4.69, 9.17) is 5.11 Å². The van der Waals surface area contributed by atoms with Gasteiger partial charge in [-0.15, -0.1) is 0 Å². The Bertz CT molecular complexity index is 304. The molecule has 0 spiro atoms. The average molecular weight is 241 g/mol. The van der Waals surface area contributed by atoms with Gasteiger partial charge in [0.05, 0.1) is 6.42 Å². The molecule has 6 nitrogen and oxygen atoms in total. The fraction of sp³-hybridized carbons (Fsp3) is 0.818. The Morgan fingerprint density at radius 2 is 2.06 bits per heavy atom. The molecule has 0 aromatic heterocycles. The highest BCUT2D eigenvalue weighted by Gasteiger charge is 2.34. The van der Waals surface area contributed by atoms with E-state index in [1.54, 1.807) is 0 Å². The predicted molar refractivity (Wildman–Crippen MR) is 61.8 cm³/mol. The molecule has 2 aliphatic rings. The summed E-state index contributed by atoms with van der Waals surface area (Å²) in [6.45, 7) is 2.17. The zero-order valence-corrected chi connectivity index (χ0v) is 9.82. The average Bonchev–Trinajstić information content (AvgIpc) is 3.00. The van der Waals surface area contributed by atoms with Crippen molar-refractivity contribution in [2.45, 2.75) is 37.8 Å². The van der Waals surface area contributed by atoms with Gasteiger partial charge in [0.1, 0.15) is 0 Å². The predicted octanol–water partition coefficient (Wildman–Crippen LogP) is -0.00300. The largest absolute Gasteiger partial charge is 0.481 e. The van der Waals surface area contributed by atoms with Gasteiger partial charge >= 0.3 is 12.0 Å². The molecular weight excluding hydrogens is 222 g/mol. The van der Waals surface area contributed by atoms with Gasteiger partial charge in [0.25, 0.3) is 0 Å². The third-order valence-corrected chi connectivity index (χ3v) is 3.24. The molecule has 1 unspecified atom stereocenters. The van der Waals surface area contributed by atoms with E-state index in [-0.39, 0.29) is 25.0 Å². The Morgan fingerprint density at radius 1 is 1.29 bits per heavy atom. The lowest BCUT2D eigenvalue weighted by molar-refractivity contribution is -0.136. The molecule has 0 radical (unpaired) electrons. The number of nitrogens with one attached hydrogen (secondary N) is 2. The zero-order valence-electron chi connectivity index (χ0n) is 9.82. The monoisotopic (exact) mass is 241 g/mol. The van der Waals surface area contributed by atoms with Crippen molar-refractivity contribution >= 4 is 12.0 Å². The third kappa shape index (κ3) is 3.89. The normalized spacial score (nSPS) is 24.6. The van der Waals surface area contributed by atoms with Crippen molar-refractivity contribution in [1.29, 1.82) is 0 Å². The third-order valence-electron chi connectivity index (χ3n) is 3.24. The summed E-state index contributed by atoms with van der Waals surface area (Å²) in [6, 6.07) is 0.700. The minimum absolute atomic E-state index is 0.0354. The van der Waals surface area contributed by atoms with Crippen LogP contribution in [0.3, 0.4) is 0 Å². The van der Waals surface area contributed by atoms with Crippen molar-refractivity contribution in [3.8, 4) is 0 Å². The van der Waals surface area contributed by atoms with Gasteiger partial charge in [-0.3, -0.25) is 9.69 Å². The maximum absolute atomic E-state index is 11.4. The SMILES string of the molecule is O=C(O)CCNC(=O)NC1CCN(C2CC2)C1. The molecule has 1 saturated carbocycles. The first-order valence-corrected chi connectivity index (χ1v) is 6.15. The molecule has 0 aromatic carbocycles. The fourth-order valence-electron chi connectivity index (χ4n) is 2.20. The summed E-state index contributed by atoms with van der Waals surface area (Å²) in [5.41, 5.74) is 0. The van der Waals surface area contributed by atoms with Crippen molar-refractivity contribution < 1.29 is 14.7 Å². The number of carboxylic acids is 1. The number of hydrogen-bond acceptors (Lipinski definition) is 3. The number of likely N-dealkylation sites (tertiary alicyclic amines) is 1. The maximum atomic E-state index is 11.4. The van der Waals surface area contributed by atoms with E-state index >= 15 is 0 Å². The molecule has 1 saturated heterocycles. The van der Waals surface area contributed by atoms with Crippen LogP contribution >= 0.6 is 0 Å². The lowest BCUT2D eigenvalue weighted by Gasteiger charge is -2.15. The fourth-order valence-corrected chi connectivity index (χ4v) is 2.20. The van der Waals surface area contributed by atoms with Crippen molar-refractivity contribution in [2.75, 3.05) is 19.6 Å². The summed E-state index contributed by atoms with van der Waals surface area (Å²) >= 11 is 0. The number of urea groups is 1. The van der Waals surface area contributed by atoms with Gasteiger partial charge in [-0.2, -0.15) is 0 Å².